The zero-order valence-corrected chi connectivity index (χ0v) is 11.6. The van der Waals surface area contributed by atoms with Gasteiger partial charge in [-0.2, -0.15) is 0 Å². The van der Waals surface area contributed by atoms with Gasteiger partial charge in [-0.25, -0.2) is 9.18 Å². The van der Waals surface area contributed by atoms with Crippen LogP contribution in [0.5, 0.6) is 0 Å². The molecular weight excluding hydrogens is 281 g/mol. The zero-order chi connectivity index (χ0) is 16.5. The highest BCUT2D eigenvalue weighted by Crippen LogP contribution is 2.44. The summed E-state index contributed by atoms with van der Waals surface area (Å²) in [5.41, 5.74) is 5.74. The van der Waals surface area contributed by atoms with E-state index < -0.39 is 41.2 Å². The minimum absolute atomic E-state index is 0.0656. The van der Waals surface area contributed by atoms with E-state index in [9.17, 15) is 14.0 Å². The third-order valence-electron chi connectivity index (χ3n) is 4.00. The van der Waals surface area contributed by atoms with Gasteiger partial charge in [0, 0.05) is 23.1 Å². The van der Waals surface area contributed by atoms with Gasteiger partial charge in [-0.15, -0.1) is 0 Å². The van der Waals surface area contributed by atoms with Gasteiger partial charge >= 0.3 is 5.69 Å². The Labute approximate surface area is 120 Å². The highest BCUT2D eigenvalue weighted by atomic mass is 19.1. The second-order valence-corrected chi connectivity index (χ2v) is 4.99. The Bertz CT molecular complexity index is 728. The Kier molecular flexibility index (Phi) is 3.76. The zero-order valence-electron chi connectivity index (χ0n) is 12.6. The van der Waals surface area contributed by atoms with Crippen molar-refractivity contribution in [3.8, 4) is 0 Å². The smallest absolute Gasteiger partial charge is 0.330 e. The van der Waals surface area contributed by atoms with Gasteiger partial charge < -0.3 is 4.74 Å². The maximum Gasteiger partial charge on any atom is 0.330 e. The fraction of sp³-hybridized carbons (Fsp3) is 0.667. The number of nitrogens with one attached hydrogen (secondary N) is 1. The summed E-state index contributed by atoms with van der Waals surface area (Å²) in [6.07, 6.45) is -1.49. The van der Waals surface area contributed by atoms with Crippen LogP contribution in [0.25, 0.3) is 10.4 Å². The number of azide groups is 1. The lowest BCUT2D eigenvalue weighted by molar-refractivity contribution is -0.0860. The molecule has 1 N–H and O–H groups in total. The van der Waals surface area contributed by atoms with Gasteiger partial charge in [-0.1, -0.05) is 19.0 Å². The Morgan fingerprint density at radius 2 is 2.43 bits per heavy atom. The number of alkyl halides is 1. The quantitative estimate of drug-likeness (QED) is 0.516. The summed E-state index contributed by atoms with van der Waals surface area (Å²) in [5, 5.41) is 3.47. The minimum Gasteiger partial charge on any atom is -0.348 e. The predicted molar refractivity (Wildman–Crippen MR) is 72.5 cm³/mol. The highest BCUT2D eigenvalue weighted by Gasteiger charge is 2.52. The van der Waals surface area contributed by atoms with Gasteiger partial charge in [0.05, 0.1) is 13.5 Å². The standard InChI is InChI=1S/C12H16FN5O3/c1-3-12(6-15-17-14)7(2)9(13)10(21-12)18-5-4-8(19)16-11(18)20/h4-5,7,9-10H,3,6H2,1-2H3,(H,16,19,20)/t7-,9+,10+,12-/m0/s1/i4D. The van der Waals surface area contributed by atoms with E-state index in [1.165, 1.54) is 0 Å². The van der Waals surface area contributed by atoms with Crippen molar-refractivity contribution in [2.45, 2.75) is 38.3 Å². The van der Waals surface area contributed by atoms with Crippen molar-refractivity contribution >= 4 is 0 Å². The van der Waals surface area contributed by atoms with Crippen LogP contribution < -0.4 is 11.2 Å². The summed E-state index contributed by atoms with van der Waals surface area (Å²) in [5.74, 6) is -0.624. The molecule has 0 saturated carbocycles. The van der Waals surface area contributed by atoms with Crippen LogP contribution in [0.2, 0.25) is 0 Å². The molecule has 9 heteroatoms. The molecule has 0 bridgehead atoms. The van der Waals surface area contributed by atoms with Crippen molar-refractivity contribution in [1.82, 2.24) is 9.55 Å². The average molecular weight is 298 g/mol. The molecule has 8 nitrogen and oxygen atoms in total. The molecule has 1 saturated heterocycles. The summed E-state index contributed by atoms with van der Waals surface area (Å²) < 4.78 is 28.6. The van der Waals surface area contributed by atoms with Crippen molar-refractivity contribution in [1.29, 1.82) is 0 Å². The van der Waals surface area contributed by atoms with Gasteiger partial charge in [0.2, 0.25) is 0 Å². The molecule has 1 fully saturated rings. The van der Waals surface area contributed by atoms with Crippen LogP contribution in [0, 0.1) is 5.92 Å². The number of H-pyrrole nitrogens is 1. The molecule has 21 heavy (non-hydrogen) atoms. The Morgan fingerprint density at radius 1 is 1.71 bits per heavy atom. The lowest BCUT2D eigenvalue weighted by atomic mass is 9.85. The molecule has 2 heterocycles. The summed E-state index contributed by atoms with van der Waals surface area (Å²) in [4.78, 5) is 27.7. The maximum atomic E-state index is 14.6. The average Bonchev–Trinajstić information content (AvgIpc) is 2.74. The Balaban J connectivity index is 2.46. The van der Waals surface area contributed by atoms with Gasteiger partial charge in [0.1, 0.15) is 0 Å². The van der Waals surface area contributed by atoms with Crippen molar-refractivity contribution in [3.05, 3.63) is 43.5 Å². The van der Waals surface area contributed by atoms with Crippen LogP contribution >= 0.6 is 0 Å². The van der Waals surface area contributed by atoms with Crippen LogP contribution in [0.3, 0.4) is 0 Å². The number of hydrogen-bond acceptors (Lipinski definition) is 4. The first-order chi connectivity index (χ1) is 10.4. The second kappa shape index (κ2) is 5.71. The Hall–Kier alpha value is -2.12. The van der Waals surface area contributed by atoms with Gasteiger partial charge in [-0.05, 0) is 12.0 Å². The molecule has 0 spiro atoms. The van der Waals surface area contributed by atoms with E-state index in [0.717, 1.165) is 10.8 Å². The lowest BCUT2D eigenvalue weighted by Crippen LogP contribution is -2.38. The topological polar surface area (TPSA) is 113 Å². The third kappa shape index (κ3) is 2.57. The number of aromatic amines is 1. The van der Waals surface area contributed by atoms with E-state index >= 15 is 0 Å². The largest absolute Gasteiger partial charge is 0.348 e. The van der Waals surface area contributed by atoms with E-state index in [1.807, 2.05) is 4.98 Å². The lowest BCUT2D eigenvalue weighted by Gasteiger charge is -2.29. The molecule has 1 aromatic heterocycles. The van der Waals surface area contributed by atoms with Crippen molar-refractivity contribution in [2.24, 2.45) is 11.0 Å². The highest BCUT2D eigenvalue weighted by molar-refractivity contribution is 5.00. The molecule has 1 aliphatic rings. The Morgan fingerprint density at radius 3 is 3.05 bits per heavy atom. The summed E-state index contributed by atoms with van der Waals surface area (Å²) in [6, 6.07) is -0.466. The summed E-state index contributed by atoms with van der Waals surface area (Å²) in [6.45, 7) is 3.31. The third-order valence-corrected chi connectivity index (χ3v) is 4.00. The minimum atomic E-state index is -1.54. The van der Waals surface area contributed by atoms with Crippen molar-refractivity contribution in [3.63, 3.8) is 0 Å². The molecule has 4 atom stereocenters. The van der Waals surface area contributed by atoms with Crippen LogP contribution in [0.4, 0.5) is 4.39 Å². The number of aromatic nitrogens is 2. The second-order valence-electron chi connectivity index (χ2n) is 4.99. The molecule has 0 aliphatic carbocycles. The first-order valence-electron chi connectivity index (χ1n) is 7.01. The maximum absolute atomic E-state index is 14.6. The van der Waals surface area contributed by atoms with Crippen LogP contribution in [-0.4, -0.2) is 27.9 Å². The van der Waals surface area contributed by atoms with E-state index in [0.29, 0.717) is 6.42 Å². The number of ether oxygens (including phenoxy) is 1. The fourth-order valence-corrected chi connectivity index (χ4v) is 2.58. The van der Waals surface area contributed by atoms with E-state index in [2.05, 4.69) is 10.0 Å². The molecule has 1 aromatic rings. The first kappa shape index (κ1) is 13.8. The van der Waals surface area contributed by atoms with Gasteiger partial charge in [0.15, 0.2) is 12.4 Å². The summed E-state index contributed by atoms with van der Waals surface area (Å²) >= 11 is 0. The molecule has 0 radical (unpaired) electrons. The van der Waals surface area contributed by atoms with E-state index in [1.54, 1.807) is 13.8 Å². The van der Waals surface area contributed by atoms with Crippen molar-refractivity contribution in [2.75, 3.05) is 6.54 Å². The number of rotatable bonds is 4. The molecular formula is C12H16FN5O3. The summed E-state index contributed by atoms with van der Waals surface area (Å²) in [7, 11) is 0. The van der Waals surface area contributed by atoms with Crippen LogP contribution in [-0.2, 0) is 4.74 Å². The predicted octanol–water partition coefficient (Wildman–Crippen LogP) is 1.50. The molecule has 2 rings (SSSR count). The fourth-order valence-electron chi connectivity index (χ4n) is 2.58. The van der Waals surface area contributed by atoms with Crippen molar-refractivity contribution < 1.29 is 10.5 Å². The molecule has 0 aromatic carbocycles. The monoisotopic (exact) mass is 298 g/mol. The van der Waals surface area contributed by atoms with Gasteiger partial charge in [0.25, 0.3) is 5.56 Å². The first-order valence-corrected chi connectivity index (χ1v) is 6.51. The molecule has 1 aliphatic heterocycles. The van der Waals surface area contributed by atoms with E-state index in [4.69, 9.17) is 11.6 Å². The van der Waals surface area contributed by atoms with Crippen LogP contribution in [0.15, 0.2) is 26.9 Å². The normalized spacial score (nSPS) is 32.5. The number of halogens is 1. The SMILES string of the molecule is [2H]c1cn([C@@H]2O[C@@](CC)(CN=[N+]=[N-])[C@@H](C)[C@H]2F)c(=O)[nH]c1=O. The number of nitrogens with zero attached hydrogens (tertiary/aromatic N) is 4. The molecule has 0 amide bonds. The van der Waals surface area contributed by atoms with Gasteiger partial charge in [-0.3, -0.25) is 14.3 Å². The molecule has 0 unspecified atom stereocenters. The van der Waals surface area contributed by atoms with Crippen LogP contribution in [0.1, 0.15) is 27.9 Å². The molecule has 114 valence electrons. The number of hydrogen-bond donors (Lipinski definition) is 1. The van der Waals surface area contributed by atoms with E-state index in [-0.39, 0.29) is 6.54 Å².